The molecular weight excluding hydrogens is 360 g/mol. The maximum atomic E-state index is 13.0. The quantitative estimate of drug-likeness (QED) is 0.483. The Labute approximate surface area is 166 Å². The van der Waals surface area contributed by atoms with Crippen LogP contribution in [0.2, 0.25) is 0 Å². The molecule has 0 spiro atoms. The smallest absolute Gasteiger partial charge is 0.325 e. The van der Waals surface area contributed by atoms with Gasteiger partial charge in [0.2, 0.25) is 0 Å². The van der Waals surface area contributed by atoms with Crippen LogP contribution in [0.1, 0.15) is 53.0 Å². The van der Waals surface area contributed by atoms with Crippen LogP contribution in [0.15, 0.2) is 36.4 Å². The minimum absolute atomic E-state index is 0.0417. The number of carboxylic acid groups (broad SMARTS) is 2. The van der Waals surface area contributed by atoms with Crippen molar-refractivity contribution in [3.05, 3.63) is 42.0 Å². The molecular formula is C22H30O6. The van der Waals surface area contributed by atoms with Crippen LogP contribution < -0.4 is 0 Å². The molecule has 0 aromatic heterocycles. The highest BCUT2D eigenvalue weighted by atomic mass is 16.6. The van der Waals surface area contributed by atoms with Crippen LogP contribution in [0.25, 0.3) is 6.08 Å². The highest BCUT2D eigenvalue weighted by molar-refractivity contribution is 6.03. The van der Waals surface area contributed by atoms with E-state index in [9.17, 15) is 24.6 Å². The molecule has 0 bridgehead atoms. The van der Waals surface area contributed by atoms with Crippen molar-refractivity contribution in [2.24, 2.45) is 17.3 Å². The van der Waals surface area contributed by atoms with Crippen LogP contribution in [0, 0.1) is 17.3 Å². The summed E-state index contributed by atoms with van der Waals surface area (Å²) in [6.07, 6.45) is 2.97. The molecule has 6 heteroatoms. The van der Waals surface area contributed by atoms with Crippen molar-refractivity contribution >= 4 is 24.0 Å². The zero-order chi connectivity index (χ0) is 21.5. The maximum absolute atomic E-state index is 13.0. The van der Waals surface area contributed by atoms with Crippen LogP contribution in [0.5, 0.6) is 0 Å². The molecule has 0 amide bonds. The first-order valence-electron chi connectivity index (χ1n) is 9.31. The summed E-state index contributed by atoms with van der Waals surface area (Å²) >= 11 is 0. The van der Waals surface area contributed by atoms with E-state index >= 15 is 0 Å². The number of carbonyl (C=O) groups is 3. The number of esters is 1. The standard InChI is InChI=1S/C22H30O6/c1-15(2)14-17(18(23)24)22(19(25)26,20(27)28-21(3,4)5)13-9-12-16-10-7-6-8-11-16/h6-12,15,17H,13-14H2,1-5H3,(H,23,24)(H,25,26)/t17-,22?/m0/s1. The summed E-state index contributed by atoms with van der Waals surface area (Å²) in [4.78, 5) is 37.3. The SMILES string of the molecule is CC(C)C[C@@H](C(=O)O)C(CC=Cc1ccccc1)(C(=O)O)C(=O)OC(C)(C)C. The van der Waals surface area contributed by atoms with E-state index in [4.69, 9.17) is 4.74 Å². The second-order valence-electron chi connectivity index (χ2n) is 8.32. The van der Waals surface area contributed by atoms with Gasteiger partial charge in [-0.3, -0.25) is 14.4 Å². The fraction of sp³-hybridized carbons (Fsp3) is 0.500. The Morgan fingerprint density at radius 3 is 2.07 bits per heavy atom. The second-order valence-corrected chi connectivity index (χ2v) is 8.32. The largest absolute Gasteiger partial charge is 0.481 e. The van der Waals surface area contributed by atoms with Crippen LogP contribution in [0.4, 0.5) is 0 Å². The number of aliphatic carboxylic acids is 2. The number of ether oxygens (including phenoxy) is 1. The molecule has 1 unspecified atom stereocenters. The lowest BCUT2D eigenvalue weighted by atomic mass is 9.69. The molecule has 0 saturated carbocycles. The van der Waals surface area contributed by atoms with E-state index in [2.05, 4.69) is 0 Å². The van der Waals surface area contributed by atoms with E-state index in [0.717, 1.165) is 5.56 Å². The van der Waals surface area contributed by atoms with Gasteiger partial charge in [0.05, 0.1) is 5.92 Å². The summed E-state index contributed by atoms with van der Waals surface area (Å²) in [6, 6.07) is 9.17. The molecule has 0 heterocycles. The lowest BCUT2D eigenvalue weighted by Crippen LogP contribution is -2.51. The van der Waals surface area contributed by atoms with Crippen LogP contribution in [-0.2, 0) is 19.1 Å². The monoisotopic (exact) mass is 390 g/mol. The Balaban J connectivity index is 3.42. The highest BCUT2D eigenvalue weighted by Gasteiger charge is 2.57. The molecule has 0 aliphatic rings. The van der Waals surface area contributed by atoms with Crippen molar-refractivity contribution in [1.82, 2.24) is 0 Å². The van der Waals surface area contributed by atoms with E-state index in [1.165, 1.54) is 6.08 Å². The molecule has 0 aliphatic heterocycles. The average molecular weight is 390 g/mol. The van der Waals surface area contributed by atoms with Crippen LogP contribution >= 0.6 is 0 Å². The van der Waals surface area contributed by atoms with Gasteiger partial charge >= 0.3 is 17.9 Å². The molecule has 1 aromatic carbocycles. The van der Waals surface area contributed by atoms with Gasteiger partial charge in [-0.15, -0.1) is 0 Å². The fourth-order valence-corrected chi connectivity index (χ4v) is 2.99. The van der Waals surface area contributed by atoms with Crippen molar-refractivity contribution in [2.75, 3.05) is 0 Å². The number of benzene rings is 1. The van der Waals surface area contributed by atoms with Crippen molar-refractivity contribution in [3.63, 3.8) is 0 Å². The normalized spacial score (nSPS) is 15.2. The minimum atomic E-state index is -2.21. The average Bonchev–Trinajstić information content (AvgIpc) is 2.55. The predicted molar refractivity (Wildman–Crippen MR) is 107 cm³/mol. The third-order valence-corrected chi connectivity index (χ3v) is 4.29. The van der Waals surface area contributed by atoms with E-state index in [-0.39, 0.29) is 18.8 Å². The molecule has 0 aliphatic carbocycles. The maximum Gasteiger partial charge on any atom is 0.325 e. The Bertz CT molecular complexity index is 714. The fourth-order valence-electron chi connectivity index (χ4n) is 2.99. The molecule has 154 valence electrons. The molecule has 2 N–H and O–H groups in total. The van der Waals surface area contributed by atoms with Crippen LogP contribution in [0.3, 0.4) is 0 Å². The van der Waals surface area contributed by atoms with Crippen molar-refractivity contribution < 1.29 is 29.3 Å². The van der Waals surface area contributed by atoms with Gasteiger partial charge in [-0.25, -0.2) is 0 Å². The molecule has 28 heavy (non-hydrogen) atoms. The zero-order valence-electron chi connectivity index (χ0n) is 17.1. The van der Waals surface area contributed by atoms with Crippen molar-refractivity contribution in [2.45, 2.75) is 53.1 Å². The first-order chi connectivity index (χ1) is 12.9. The van der Waals surface area contributed by atoms with E-state index in [0.29, 0.717) is 0 Å². The summed E-state index contributed by atoms with van der Waals surface area (Å²) in [5, 5.41) is 19.8. The third kappa shape index (κ3) is 6.22. The summed E-state index contributed by atoms with van der Waals surface area (Å²) in [5.74, 6) is -5.37. The number of rotatable bonds is 9. The molecule has 0 saturated heterocycles. The number of hydrogen-bond donors (Lipinski definition) is 2. The van der Waals surface area contributed by atoms with Crippen molar-refractivity contribution in [3.8, 4) is 0 Å². The molecule has 1 rings (SSSR count). The lowest BCUT2D eigenvalue weighted by Gasteiger charge is -2.35. The number of carbonyl (C=O) groups excluding carboxylic acids is 1. The van der Waals surface area contributed by atoms with Crippen molar-refractivity contribution in [1.29, 1.82) is 0 Å². The summed E-state index contributed by atoms with van der Waals surface area (Å²) < 4.78 is 5.36. The molecule has 6 nitrogen and oxygen atoms in total. The zero-order valence-corrected chi connectivity index (χ0v) is 17.1. The van der Waals surface area contributed by atoms with E-state index in [1.54, 1.807) is 40.7 Å². The molecule has 2 atom stereocenters. The van der Waals surface area contributed by atoms with Gasteiger partial charge < -0.3 is 14.9 Å². The first-order valence-corrected chi connectivity index (χ1v) is 9.31. The summed E-state index contributed by atoms with van der Waals surface area (Å²) in [7, 11) is 0. The number of carboxylic acids is 2. The Morgan fingerprint density at radius 1 is 1.07 bits per heavy atom. The topological polar surface area (TPSA) is 101 Å². The second kappa shape index (κ2) is 9.53. The molecule has 0 radical (unpaired) electrons. The Morgan fingerprint density at radius 2 is 1.64 bits per heavy atom. The lowest BCUT2D eigenvalue weighted by molar-refractivity contribution is -0.186. The van der Waals surface area contributed by atoms with Gasteiger partial charge in [-0.2, -0.15) is 0 Å². The van der Waals surface area contributed by atoms with Gasteiger partial charge in [-0.05, 0) is 45.1 Å². The number of allylic oxidation sites excluding steroid dienone is 1. The van der Waals surface area contributed by atoms with E-state index in [1.807, 2.05) is 30.3 Å². The summed E-state index contributed by atoms with van der Waals surface area (Å²) in [5.41, 5.74) is -2.34. The highest BCUT2D eigenvalue weighted by Crippen LogP contribution is 2.40. The Kier molecular flexibility index (Phi) is 7.97. The minimum Gasteiger partial charge on any atom is -0.481 e. The van der Waals surface area contributed by atoms with Crippen LogP contribution in [-0.4, -0.2) is 33.7 Å². The van der Waals surface area contributed by atoms with E-state index < -0.39 is 34.8 Å². The van der Waals surface area contributed by atoms with Gasteiger partial charge in [0.25, 0.3) is 0 Å². The molecule has 0 fully saturated rings. The molecule has 1 aromatic rings. The predicted octanol–water partition coefficient (Wildman–Crippen LogP) is 4.25. The number of hydrogen-bond acceptors (Lipinski definition) is 4. The van der Waals surface area contributed by atoms with Gasteiger partial charge in [0.15, 0.2) is 5.41 Å². The van der Waals surface area contributed by atoms with Gasteiger partial charge in [0, 0.05) is 0 Å². The summed E-state index contributed by atoms with van der Waals surface area (Å²) in [6.45, 7) is 8.44. The van der Waals surface area contributed by atoms with Gasteiger partial charge in [0.1, 0.15) is 5.60 Å². The Hall–Kier alpha value is -2.63. The third-order valence-electron chi connectivity index (χ3n) is 4.29. The van der Waals surface area contributed by atoms with Gasteiger partial charge in [-0.1, -0.05) is 56.3 Å². The first kappa shape index (κ1) is 23.4.